The number of ketones is 1. The van der Waals surface area contributed by atoms with Gasteiger partial charge in [-0.25, -0.2) is 0 Å². The van der Waals surface area contributed by atoms with Gasteiger partial charge in [0, 0.05) is 21.3 Å². The monoisotopic (exact) mass is 289 g/mol. The van der Waals surface area contributed by atoms with Gasteiger partial charge in [-0.1, -0.05) is 40.2 Å². The Morgan fingerprint density at radius 1 is 1.12 bits per heavy atom. The van der Waals surface area contributed by atoms with Crippen molar-refractivity contribution in [3.8, 4) is 0 Å². The van der Waals surface area contributed by atoms with E-state index in [1.807, 2.05) is 25.1 Å². The van der Waals surface area contributed by atoms with E-state index in [4.69, 9.17) is 5.73 Å². The third-order valence-corrected chi connectivity index (χ3v) is 3.44. The molecule has 0 saturated heterocycles. The molecule has 2 rings (SSSR count). The number of halogens is 1. The molecule has 2 aromatic rings. The van der Waals surface area contributed by atoms with Gasteiger partial charge >= 0.3 is 0 Å². The zero-order valence-corrected chi connectivity index (χ0v) is 11.0. The molecule has 0 spiro atoms. The van der Waals surface area contributed by atoms with Gasteiger partial charge in [0.25, 0.3) is 0 Å². The number of carbonyl (C=O) groups excluding carboxylic acids is 1. The van der Waals surface area contributed by atoms with E-state index in [1.54, 1.807) is 24.3 Å². The van der Waals surface area contributed by atoms with Crippen molar-refractivity contribution >= 4 is 27.4 Å². The van der Waals surface area contributed by atoms with Gasteiger partial charge < -0.3 is 5.73 Å². The summed E-state index contributed by atoms with van der Waals surface area (Å²) in [6.07, 6.45) is 0. The first-order valence-corrected chi connectivity index (χ1v) is 6.03. The van der Waals surface area contributed by atoms with E-state index >= 15 is 0 Å². The van der Waals surface area contributed by atoms with Crippen molar-refractivity contribution in [2.75, 3.05) is 5.73 Å². The maximum absolute atomic E-state index is 12.2. The largest absolute Gasteiger partial charge is 0.399 e. The van der Waals surface area contributed by atoms with E-state index < -0.39 is 0 Å². The van der Waals surface area contributed by atoms with Gasteiger partial charge in [0.15, 0.2) is 5.78 Å². The van der Waals surface area contributed by atoms with Crippen LogP contribution in [0, 0.1) is 6.92 Å². The first-order chi connectivity index (χ1) is 8.08. The van der Waals surface area contributed by atoms with Crippen molar-refractivity contribution in [2.45, 2.75) is 6.92 Å². The molecular weight excluding hydrogens is 278 g/mol. The highest BCUT2D eigenvalue weighted by molar-refractivity contribution is 9.10. The minimum Gasteiger partial charge on any atom is -0.399 e. The van der Waals surface area contributed by atoms with Gasteiger partial charge in [0.2, 0.25) is 0 Å². The maximum atomic E-state index is 12.2. The second kappa shape index (κ2) is 4.72. The van der Waals surface area contributed by atoms with E-state index in [9.17, 15) is 4.79 Å². The molecule has 0 saturated carbocycles. The summed E-state index contributed by atoms with van der Waals surface area (Å²) < 4.78 is 0.937. The molecule has 0 fully saturated rings. The number of nitrogen functional groups attached to an aromatic ring is 1. The molecule has 0 radical (unpaired) electrons. The molecule has 0 heterocycles. The number of anilines is 1. The Bertz CT molecular complexity index is 578. The van der Waals surface area contributed by atoms with E-state index in [0.717, 1.165) is 10.0 Å². The lowest BCUT2D eigenvalue weighted by atomic mass is 10.0. The van der Waals surface area contributed by atoms with E-state index in [-0.39, 0.29) is 5.78 Å². The maximum Gasteiger partial charge on any atom is 0.193 e. The van der Waals surface area contributed by atoms with Crippen LogP contribution in [0.4, 0.5) is 5.69 Å². The Kier molecular flexibility index (Phi) is 3.29. The number of aryl methyl sites for hydroxylation is 1. The van der Waals surface area contributed by atoms with Gasteiger partial charge in [-0.2, -0.15) is 0 Å². The van der Waals surface area contributed by atoms with Crippen LogP contribution in [-0.2, 0) is 0 Å². The van der Waals surface area contributed by atoms with E-state index in [2.05, 4.69) is 15.9 Å². The molecule has 0 amide bonds. The predicted molar refractivity (Wildman–Crippen MR) is 73.2 cm³/mol. The number of hydrogen-bond donors (Lipinski definition) is 1. The molecule has 0 bridgehead atoms. The van der Waals surface area contributed by atoms with Crippen LogP contribution in [0.3, 0.4) is 0 Å². The highest BCUT2D eigenvalue weighted by Crippen LogP contribution is 2.20. The van der Waals surface area contributed by atoms with Crippen LogP contribution in [0.1, 0.15) is 21.5 Å². The van der Waals surface area contributed by atoms with Gasteiger partial charge in [-0.15, -0.1) is 0 Å². The standard InChI is InChI=1S/C14H12BrNO/c1-9-5-6-11(8-13(9)15)14(17)10-3-2-4-12(16)7-10/h2-8H,16H2,1H3. The first-order valence-electron chi connectivity index (χ1n) is 5.24. The van der Waals surface area contributed by atoms with E-state index in [0.29, 0.717) is 16.8 Å². The van der Waals surface area contributed by atoms with Crippen LogP contribution >= 0.6 is 15.9 Å². The average Bonchev–Trinajstić information content (AvgIpc) is 2.32. The molecule has 0 unspecified atom stereocenters. The summed E-state index contributed by atoms with van der Waals surface area (Å²) >= 11 is 3.42. The summed E-state index contributed by atoms with van der Waals surface area (Å²) in [6, 6.07) is 12.6. The summed E-state index contributed by atoms with van der Waals surface area (Å²) in [5.74, 6) is -0.0157. The molecule has 0 atom stereocenters. The Hall–Kier alpha value is -1.61. The Balaban J connectivity index is 2.40. The zero-order chi connectivity index (χ0) is 12.4. The number of carbonyl (C=O) groups is 1. The van der Waals surface area contributed by atoms with Crippen molar-refractivity contribution in [2.24, 2.45) is 0 Å². The lowest BCUT2D eigenvalue weighted by Gasteiger charge is -2.04. The molecule has 17 heavy (non-hydrogen) atoms. The molecule has 0 aromatic heterocycles. The quantitative estimate of drug-likeness (QED) is 0.678. The summed E-state index contributed by atoms with van der Waals surface area (Å²) in [5, 5.41) is 0. The van der Waals surface area contributed by atoms with Crippen molar-refractivity contribution in [1.82, 2.24) is 0 Å². The number of nitrogens with two attached hydrogens (primary N) is 1. The summed E-state index contributed by atoms with van der Waals surface area (Å²) in [6.45, 7) is 1.98. The highest BCUT2D eigenvalue weighted by atomic mass is 79.9. The van der Waals surface area contributed by atoms with Gasteiger partial charge in [0.1, 0.15) is 0 Å². The van der Waals surface area contributed by atoms with Crippen LogP contribution in [0.2, 0.25) is 0 Å². The van der Waals surface area contributed by atoms with Crippen molar-refractivity contribution in [3.05, 3.63) is 63.6 Å². The highest BCUT2D eigenvalue weighted by Gasteiger charge is 2.10. The molecular formula is C14H12BrNO. The SMILES string of the molecule is Cc1ccc(C(=O)c2cccc(N)c2)cc1Br. The first kappa shape index (κ1) is 11.9. The van der Waals surface area contributed by atoms with Gasteiger partial charge in [-0.3, -0.25) is 4.79 Å². The van der Waals surface area contributed by atoms with Crippen LogP contribution < -0.4 is 5.73 Å². The van der Waals surface area contributed by atoms with Crippen LogP contribution in [-0.4, -0.2) is 5.78 Å². The molecule has 3 heteroatoms. The minimum atomic E-state index is -0.0157. The molecule has 0 aliphatic carbocycles. The third kappa shape index (κ3) is 2.56. The molecule has 0 aliphatic heterocycles. The molecule has 2 nitrogen and oxygen atoms in total. The van der Waals surface area contributed by atoms with Gasteiger partial charge in [0.05, 0.1) is 0 Å². The van der Waals surface area contributed by atoms with Crippen LogP contribution in [0.15, 0.2) is 46.9 Å². The summed E-state index contributed by atoms with van der Waals surface area (Å²) in [7, 11) is 0. The lowest BCUT2D eigenvalue weighted by molar-refractivity contribution is 0.103. The smallest absolute Gasteiger partial charge is 0.193 e. The number of benzene rings is 2. The molecule has 0 aliphatic rings. The van der Waals surface area contributed by atoms with Crippen LogP contribution in [0.25, 0.3) is 0 Å². The second-order valence-corrected chi connectivity index (χ2v) is 4.77. The van der Waals surface area contributed by atoms with Crippen LogP contribution in [0.5, 0.6) is 0 Å². The zero-order valence-electron chi connectivity index (χ0n) is 9.41. The fourth-order valence-electron chi connectivity index (χ4n) is 1.58. The Labute approximate surface area is 109 Å². The number of hydrogen-bond acceptors (Lipinski definition) is 2. The topological polar surface area (TPSA) is 43.1 Å². The predicted octanol–water partition coefficient (Wildman–Crippen LogP) is 3.57. The Morgan fingerprint density at radius 3 is 2.47 bits per heavy atom. The summed E-state index contributed by atoms with van der Waals surface area (Å²) in [5.41, 5.74) is 8.64. The normalized spacial score (nSPS) is 10.2. The fourth-order valence-corrected chi connectivity index (χ4v) is 1.96. The summed E-state index contributed by atoms with van der Waals surface area (Å²) in [4.78, 5) is 12.2. The fraction of sp³-hybridized carbons (Fsp3) is 0.0714. The number of rotatable bonds is 2. The Morgan fingerprint density at radius 2 is 1.82 bits per heavy atom. The minimum absolute atomic E-state index is 0.0157. The van der Waals surface area contributed by atoms with Crippen molar-refractivity contribution < 1.29 is 4.79 Å². The molecule has 2 aromatic carbocycles. The second-order valence-electron chi connectivity index (χ2n) is 3.92. The van der Waals surface area contributed by atoms with Crippen molar-refractivity contribution in [1.29, 1.82) is 0 Å². The lowest BCUT2D eigenvalue weighted by Crippen LogP contribution is -2.02. The molecule has 86 valence electrons. The van der Waals surface area contributed by atoms with Crippen molar-refractivity contribution in [3.63, 3.8) is 0 Å². The average molecular weight is 290 g/mol. The van der Waals surface area contributed by atoms with Gasteiger partial charge in [-0.05, 0) is 30.7 Å². The van der Waals surface area contributed by atoms with E-state index in [1.165, 1.54) is 0 Å². The molecule has 2 N–H and O–H groups in total. The third-order valence-electron chi connectivity index (χ3n) is 2.58.